The summed E-state index contributed by atoms with van der Waals surface area (Å²) in [5, 5.41) is 0. The number of fused-ring (bicyclic) bond motifs is 1. The molecule has 0 aliphatic carbocycles. The Morgan fingerprint density at radius 3 is 2.42 bits per heavy atom. The lowest BCUT2D eigenvalue weighted by molar-refractivity contribution is 0.0991. The Balaban J connectivity index is 2.12. The molecular formula is C21H20N2O2S. The summed E-state index contributed by atoms with van der Waals surface area (Å²) in [7, 11) is 0. The van der Waals surface area contributed by atoms with Gasteiger partial charge in [-0.3, -0.25) is 9.59 Å². The fourth-order valence-electron chi connectivity index (χ4n) is 2.97. The van der Waals surface area contributed by atoms with Crippen LogP contribution < -0.4 is 4.80 Å². The molecule has 5 heteroatoms. The molecule has 4 nitrogen and oxygen atoms in total. The van der Waals surface area contributed by atoms with E-state index in [-0.39, 0.29) is 11.7 Å². The lowest BCUT2D eigenvalue weighted by Gasteiger charge is -2.05. The molecule has 0 atom stereocenters. The fourth-order valence-corrected chi connectivity index (χ4v) is 4.19. The molecule has 1 amide bonds. The van der Waals surface area contributed by atoms with Crippen LogP contribution in [0, 0.1) is 13.8 Å². The molecular weight excluding hydrogens is 344 g/mol. The largest absolute Gasteiger partial charge is 0.312 e. The lowest BCUT2D eigenvalue weighted by atomic mass is 10.1. The van der Waals surface area contributed by atoms with E-state index in [0.29, 0.717) is 22.5 Å². The highest BCUT2D eigenvalue weighted by molar-refractivity contribution is 7.16. The van der Waals surface area contributed by atoms with Crippen LogP contribution in [0.1, 0.15) is 38.8 Å². The SMILES string of the molecule is C=CCn1c(=NC(=O)c2ccc(C(C)=O)cc2)sc2cc(C)cc(C)c21. The number of ketones is 1. The van der Waals surface area contributed by atoms with Gasteiger partial charge in [-0.1, -0.05) is 35.6 Å². The highest BCUT2D eigenvalue weighted by Gasteiger charge is 2.11. The van der Waals surface area contributed by atoms with Crippen molar-refractivity contribution < 1.29 is 9.59 Å². The van der Waals surface area contributed by atoms with Gasteiger partial charge in [0.25, 0.3) is 5.91 Å². The quantitative estimate of drug-likeness (QED) is 0.507. The number of rotatable bonds is 4. The Kier molecular flexibility index (Phi) is 5.00. The maximum atomic E-state index is 12.6. The number of hydrogen-bond acceptors (Lipinski definition) is 3. The van der Waals surface area contributed by atoms with E-state index in [9.17, 15) is 9.59 Å². The first-order valence-corrected chi connectivity index (χ1v) is 9.14. The van der Waals surface area contributed by atoms with Crippen LogP contribution in [0.2, 0.25) is 0 Å². The van der Waals surface area contributed by atoms with Gasteiger partial charge in [0.1, 0.15) is 0 Å². The first-order chi connectivity index (χ1) is 12.4. The standard InChI is InChI=1S/C21H20N2O2S/c1-5-10-23-19-14(3)11-13(2)12-18(19)26-21(23)22-20(25)17-8-6-16(7-9-17)15(4)24/h5-9,11-12H,1,10H2,2-4H3. The number of Topliss-reactive ketones (excluding diaryl/α,β-unsaturated/α-hetero) is 1. The molecule has 0 aliphatic heterocycles. The molecule has 0 N–H and O–H groups in total. The van der Waals surface area contributed by atoms with E-state index in [4.69, 9.17) is 0 Å². The molecule has 3 aromatic rings. The summed E-state index contributed by atoms with van der Waals surface area (Å²) in [6, 6.07) is 10.8. The number of carbonyl (C=O) groups is 2. The molecule has 0 radical (unpaired) electrons. The molecule has 26 heavy (non-hydrogen) atoms. The van der Waals surface area contributed by atoms with Crippen LogP contribution in [0.15, 0.2) is 54.0 Å². The third kappa shape index (κ3) is 3.44. The number of carbonyl (C=O) groups excluding carboxylic acids is 2. The zero-order chi connectivity index (χ0) is 18.8. The van der Waals surface area contributed by atoms with Crippen LogP contribution >= 0.6 is 11.3 Å². The van der Waals surface area contributed by atoms with Crippen LogP contribution in [0.25, 0.3) is 10.2 Å². The number of nitrogens with zero attached hydrogens (tertiary/aromatic N) is 2. The average Bonchev–Trinajstić information content (AvgIpc) is 2.92. The second-order valence-corrected chi connectivity index (χ2v) is 7.27. The molecule has 0 fully saturated rings. The number of amides is 1. The van der Waals surface area contributed by atoms with Gasteiger partial charge >= 0.3 is 0 Å². The van der Waals surface area contributed by atoms with Crippen molar-refractivity contribution in [1.82, 2.24) is 4.57 Å². The Morgan fingerprint density at radius 1 is 1.15 bits per heavy atom. The fraction of sp³-hybridized carbons (Fsp3) is 0.190. The molecule has 1 heterocycles. The van der Waals surface area contributed by atoms with Gasteiger partial charge in [-0.2, -0.15) is 4.99 Å². The number of allylic oxidation sites excluding steroid dienone is 1. The molecule has 0 aliphatic rings. The van der Waals surface area contributed by atoms with Gasteiger partial charge in [0.05, 0.1) is 10.2 Å². The summed E-state index contributed by atoms with van der Waals surface area (Å²) < 4.78 is 3.12. The van der Waals surface area contributed by atoms with E-state index in [1.807, 2.05) is 4.57 Å². The molecule has 3 rings (SSSR count). The highest BCUT2D eigenvalue weighted by Crippen LogP contribution is 2.23. The molecule has 0 bridgehead atoms. The van der Waals surface area contributed by atoms with Crippen LogP contribution in [0.4, 0.5) is 0 Å². The molecule has 0 saturated heterocycles. The first-order valence-electron chi connectivity index (χ1n) is 8.32. The summed E-state index contributed by atoms with van der Waals surface area (Å²) in [6.07, 6.45) is 1.80. The normalized spacial score (nSPS) is 11.7. The second kappa shape index (κ2) is 7.22. The van der Waals surface area contributed by atoms with E-state index in [1.165, 1.54) is 23.8 Å². The van der Waals surface area contributed by atoms with E-state index in [2.05, 4.69) is 37.6 Å². The Morgan fingerprint density at radius 2 is 1.81 bits per heavy atom. The van der Waals surface area contributed by atoms with E-state index in [0.717, 1.165) is 15.8 Å². The molecule has 0 saturated carbocycles. The topological polar surface area (TPSA) is 51.4 Å². The predicted octanol–water partition coefficient (Wildman–Crippen LogP) is 4.45. The number of thiazole rings is 1. The highest BCUT2D eigenvalue weighted by atomic mass is 32.1. The summed E-state index contributed by atoms with van der Waals surface area (Å²) in [6.45, 7) is 10.0. The maximum absolute atomic E-state index is 12.6. The number of hydrogen-bond donors (Lipinski definition) is 0. The average molecular weight is 364 g/mol. The zero-order valence-corrected chi connectivity index (χ0v) is 15.9. The molecule has 2 aromatic carbocycles. The minimum atomic E-state index is -0.321. The van der Waals surface area contributed by atoms with Gasteiger partial charge in [0, 0.05) is 17.7 Å². The summed E-state index contributed by atoms with van der Waals surface area (Å²) in [5.74, 6) is -0.348. The first kappa shape index (κ1) is 18.0. The molecule has 132 valence electrons. The van der Waals surface area contributed by atoms with Crippen molar-refractivity contribution in [2.24, 2.45) is 4.99 Å². The van der Waals surface area contributed by atoms with Crippen molar-refractivity contribution in [1.29, 1.82) is 0 Å². The van der Waals surface area contributed by atoms with Gasteiger partial charge in [-0.15, -0.1) is 6.58 Å². The van der Waals surface area contributed by atoms with E-state index < -0.39 is 0 Å². The predicted molar refractivity (Wildman–Crippen MR) is 106 cm³/mol. The molecule has 0 unspecified atom stereocenters. The van der Waals surface area contributed by atoms with Crippen LogP contribution in [-0.4, -0.2) is 16.3 Å². The number of aryl methyl sites for hydroxylation is 2. The van der Waals surface area contributed by atoms with Crippen LogP contribution in [-0.2, 0) is 6.54 Å². The molecule has 1 aromatic heterocycles. The van der Waals surface area contributed by atoms with Gasteiger partial charge in [0.15, 0.2) is 10.6 Å². The monoisotopic (exact) mass is 364 g/mol. The van der Waals surface area contributed by atoms with Gasteiger partial charge in [-0.05, 0) is 50.1 Å². The third-order valence-electron chi connectivity index (χ3n) is 4.16. The second-order valence-electron chi connectivity index (χ2n) is 6.26. The van der Waals surface area contributed by atoms with Crippen molar-refractivity contribution in [2.45, 2.75) is 27.3 Å². The Labute approximate surface area is 156 Å². The minimum absolute atomic E-state index is 0.0277. The lowest BCUT2D eigenvalue weighted by Crippen LogP contribution is -2.16. The van der Waals surface area contributed by atoms with Crippen molar-refractivity contribution in [3.05, 3.63) is 76.1 Å². The van der Waals surface area contributed by atoms with Crippen LogP contribution in [0.5, 0.6) is 0 Å². The zero-order valence-electron chi connectivity index (χ0n) is 15.1. The van der Waals surface area contributed by atoms with Gasteiger partial charge in [-0.25, -0.2) is 0 Å². The maximum Gasteiger partial charge on any atom is 0.279 e. The van der Waals surface area contributed by atoms with E-state index >= 15 is 0 Å². The van der Waals surface area contributed by atoms with Gasteiger partial charge in [0.2, 0.25) is 0 Å². The third-order valence-corrected chi connectivity index (χ3v) is 5.18. The van der Waals surface area contributed by atoms with Crippen molar-refractivity contribution in [3.63, 3.8) is 0 Å². The van der Waals surface area contributed by atoms with Crippen molar-refractivity contribution in [3.8, 4) is 0 Å². The smallest absolute Gasteiger partial charge is 0.279 e. The summed E-state index contributed by atoms with van der Waals surface area (Å²) in [4.78, 5) is 29.0. The Bertz CT molecular complexity index is 1090. The minimum Gasteiger partial charge on any atom is -0.312 e. The van der Waals surface area contributed by atoms with E-state index in [1.54, 1.807) is 30.3 Å². The van der Waals surface area contributed by atoms with Crippen molar-refractivity contribution in [2.75, 3.05) is 0 Å². The number of benzene rings is 2. The molecule has 0 spiro atoms. The summed E-state index contributed by atoms with van der Waals surface area (Å²) >= 11 is 1.50. The Hall–Kier alpha value is -2.79. The van der Waals surface area contributed by atoms with Crippen LogP contribution in [0.3, 0.4) is 0 Å². The van der Waals surface area contributed by atoms with Crippen molar-refractivity contribution >= 4 is 33.2 Å². The van der Waals surface area contributed by atoms with Gasteiger partial charge < -0.3 is 4.57 Å². The summed E-state index contributed by atoms with van der Waals surface area (Å²) in [5.41, 5.74) is 4.46. The number of aromatic nitrogens is 1.